The summed E-state index contributed by atoms with van der Waals surface area (Å²) < 4.78 is 0.984. The summed E-state index contributed by atoms with van der Waals surface area (Å²) in [5.41, 5.74) is 0. The zero-order chi connectivity index (χ0) is 10.4. The van der Waals surface area contributed by atoms with Crippen molar-refractivity contribution in [3.8, 4) is 11.5 Å². The SMILES string of the molecule is CN(C)C.Oc1cc(O)c[c]([SnH])c1. The van der Waals surface area contributed by atoms with Crippen LogP contribution in [0.3, 0.4) is 0 Å². The molecular formula is C9H15NO2Sn. The first-order chi connectivity index (χ1) is 5.91. The topological polar surface area (TPSA) is 43.7 Å². The van der Waals surface area contributed by atoms with Crippen molar-refractivity contribution in [3.63, 3.8) is 0 Å². The number of nitrogens with zero attached hydrogens (tertiary/aromatic N) is 1. The van der Waals surface area contributed by atoms with Crippen LogP contribution >= 0.6 is 0 Å². The Hall–Kier alpha value is -0.421. The Morgan fingerprint density at radius 2 is 1.31 bits per heavy atom. The van der Waals surface area contributed by atoms with E-state index >= 15 is 0 Å². The molecule has 1 aromatic rings. The van der Waals surface area contributed by atoms with Crippen LogP contribution in [0.4, 0.5) is 0 Å². The van der Waals surface area contributed by atoms with Crippen LogP contribution in [-0.4, -0.2) is 58.8 Å². The number of phenols is 2. The van der Waals surface area contributed by atoms with Crippen molar-refractivity contribution in [3.05, 3.63) is 18.2 Å². The molecule has 3 nitrogen and oxygen atoms in total. The Kier molecular flexibility index (Phi) is 5.90. The van der Waals surface area contributed by atoms with Gasteiger partial charge in [-0.25, -0.2) is 0 Å². The molecule has 0 bridgehead atoms. The Morgan fingerprint density at radius 3 is 1.54 bits per heavy atom. The van der Waals surface area contributed by atoms with Crippen LogP contribution in [0.5, 0.6) is 11.5 Å². The van der Waals surface area contributed by atoms with E-state index in [0.29, 0.717) is 0 Å². The molecule has 0 spiro atoms. The van der Waals surface area contributed by atoms with Gasteiger partial charge in [-0.05, 0) is 21.1 Å². The molecule has 0 unspecified atom stereocenters. The molecule has 0 atom stereocenters. The zero-order valence-electron chi connectivity index (χ0n) is 8.15. The molecule has 1 aromatic carbocycles. The Balaban J connectivity index is 0.000000310. The molecule has 72 valence electrons. The van der Waals surface area contributed by atoms with Gasteiger partial charge in [-0.2, -0.15) is 0 Å². The van der Waals surface area contributed by atoms with E-state index in [0.717, 1.165) is 26.1 Å². The molecule has 0 aliphatic carbocycles. The van der Waals surface area contributed by atoms with Crippen LogP contribution in [0.25, 0.3) is 0 Å². The summed E-state index contributed by atoms with van der Waals surface area (Å²) in [5.74, 6) is 0.273. The summed E-state index contributed by atoms with van der Waals surface area (Å²) in [4.78, 5) is 2.00. The molecule has 0 saturated carbocycles. The normalized spacial score (nSPS) is 9.31. The minimum atomic E-state index is 0.137. The van der Waals surface area contributed by atoms with Crippen molar-refractivity contribution >= 4 is 26.1 Å². The minimum absolute atomic E-state index is 0.137. The Labute approximate surface area is 92.1 Å². The van der Waals surface area contributed by atoms with Gasteiger partial charge in [-0.3, -0.25) is 0 Å². The molecule has 2 radical (unpaired) electrons. The van der Waals surface area contributed by atoms with Crippen molar-refractivity contribution < 1.29 is 10.2 Å². The van der Waals surface area contributed by atoms with Crippen LogP contribution in [0, 0.1) is 0 Å². The number of hydrogen-bond acceptors (Lipinski definition) is 3. The van der Waals surface area contributed by atoms with Crippen molar-refractivity contribution in [2.45, 2.75) is 0 Å². The number of rotatable bonds is 0. The number of benzene rings is 1. The third-order valence-corrected chi connectivity index (χ3v) is 1.88. The zero-order valence-corrected chi connectivity index (χ0v) is 11.4. The first-order valence-corrected chi connectivity index (χ1v) is 5.46. The predicted octanol–water partition coefficient (Wildman–Crippen LogP) is -0.198. The molecule has 0 heterocycles. The van der Waals surface area contributed by atoms with E-state index in [9.17, 15) is 0 Å². The van der Waals surface area contributed by atoms with Gasteiger partial charge in [0.05, 0.1) is 0 Å². The Morgan fingerprint density at radius 1 is 1.00 bits per heavy atom. The monoisotopic (exact) mass is 289 g/mol. The molecule has 0 saturated heterocycles. The van der Waals surface area contributed by atoms with Crippen molar-refractivity contribution in [1.29, 1.82) is 0 Å². The predicted molar refractivity (Wildman–Crippen MR) is 56.2 cm³/mol. The van der Waals surface area contributed by atoms with E-state index < -0.39 is 0 Å². The second-order valence-electron chi connectivity index (χ2n) is 3.12. The summed E-state index contributed by atoms with van der Waals surface area (Å²) in [7, 11) is 6.00. The molecule has 2 N–H and O–H groups in total. The fourth-order valence-electron chi connectivity index (χ4n) is 0.618. The number of aromatic hydroxyl groups is 2. The van der Waals surface area contributed by atoms with E-state index in [1.807, 2.05) is 26.0 Å². The van der Waals surface area contributed by atoms with Crippen LogP contribution in [0.1, 0.15) is 0 Å². The van der Waals surface area contributed by atoms with E-state index in [4.69, 9.17) is 10.2 Å². The van der Waals surface area contributed by atoms with Gasteiger partial charge in [0.15, 0.2) is 0 Å². The maximum absolute atomic E-state index is 8.85. The first kappa shape index (κ1) is 12.6. The quantitative estimate of drug-likeness (QED) is 0.650. The third-order valence-electron chi connectivity index (χ3n) is 0.925. The van der Waals surface area contributed by atoms with Gasteiger partial charge >= 0.3 is 66.0 Å². The van der Waals surface area contributed by atoms with Crippen LogP contribution in [0.15, 0.2) is 18.2 Å². The van der Waals surface area contributed by atoms with Crippen LogP contribution in [0.2, 0.25) is 0 Å². The van der Waals surface area contributed by atoms with Gasteiger partial charge in [0.2, 0.25) is 0 Å². The number of phenolic OH excluding ortho intramolecular Hbond substituents is 2. The molecule has 0 fully saturated rings. The second-order valence-corrected chi connectivity index (χ2v) is 5.03. The molecule has 0 aromatic heterocycles. The first-order valence-electron chi connectivity index (χ1n) is 3.81. The van der Waals surface area contributed by atoms with Gasteiger partial charge in [-0.1, -0.05) is 0 Å². The van der Waals surface area contributed by atoms with Crippen LogP contribution in [-0.2, 0) is 0 Å². The summed E-state index contributed by atoms with van der Waals surface area (Å²) in [6, 6.07) is 4.60. The van der Waals surface area contributed by atoms with Crippen molar-refractivity contribution in [2.24, 2.45) is 0 Å². The molecule has 0 aliphatic rings. The Bertz CT molecular complexity index is 211. The van der Waals surface area contributed by atoms with Gasteiger partial charge < -0.3 is 4.90 Å². The van der Waals surface area contributed by atoms with Crippen molar-refractivity contribution in [2.75, 3.05) is 21.1 Å². The molecule has 0 amide bonds. The van der Waals surface area contributed by atoms with Gasteiger partial charge in [-0.15, -0.1) is 0 Å². The maximum atomic E-state index is 8.85. The summed E-state index contributed by atoms with van der Waals surface area (Å²) in [5, 5.41) is 17.7. The van der Waals surface area contributed by atoms with Crippen molar-refractivity contribution in [1.82, 2.24) is 4.90 Å². The van der Waals surface area contributed by atoms with E-state index in [-0.39, 0.29) is 11.5 Å². The molecular weight excluding hydrogens is 273 g/mol. The van der Waals surface area contributed by atoms with E-state index in [2.05, 4.69) is 0 Å². The average Bonchev–Trinajstić information content (AvgIpc) is 1.80. The second kappa shape index (κ2) is 6.10. The summed E-state index contributed by atoms with van der Waals surface area (Å²) in [6.45, 7) is 0. The van der Waals surface area contributed by atoms with Gasteiger partial charge in [0.1, 0.15) is 0 Å². The molecule has 0 aliphatic heterocycles. The molecule has 13 heavy (non-hydrogen) atoms. The van der Waals surface area contributed by atoms with E-state index in [1.54, 1.807) is 12.1 Å². The average molecular weight is 288 g/mol. The summed E-state index contributed by atoms with van der Waals surface area (Å²) in [6.07, 6.45) is 0. The fourth-order valence-corrected chi connectivity index (χ4v) is 1.59. The third kappa shape index (κ3) is 7.92. The standard InChI is InChI=1S/C6H5O2.C3H9N.Sn.H/c7-5-2-1-3-6(8)4-5;1-4(2)3;;/h2-4,7-8H;1-3H3;;. The van der Waals surface area contributed by atoms with Crippen LogP contribution < -0.4 is 3.58 Å². The van der Waals surface area contributed by atoms with Gasteiger partial charge in [0.25, 0.3) is 0 Å². The van der Waals surface area contributed by atoms with E-state index in [1.165, 1.54) is 6.07 Å². The fraction of sp³-hybridized carbons (Fsp3) is 0.333. The molecule has 1 rings (SSSR count). The number of hydrogen-bond donors (Lipinski definition) is 2. The summed E-state index contributed by atoms with van der Waals surface area (Å²) >= 11 is 0.912. The molecule has 4 heteroatoms. The van der Waals surface area contributed by atoms with Gasteiger partial charge in [0, 0.05) is 0 Å².